The number of aromatic nitrogens is 1. The number of nitrogens with zero attached hydrogens (tertiary/aromatic N) is 3. The van der Waals surface area contributed by atoms with Gasteiger partial charge in [-0.05, 0) is 55.8 Å². The Labute approximate surface area is 154 Å². The molecule has 0 aliphatic carbocycles. The van der Waals surface area contributed by atoms with Gasteiger partial charge in [0, 0.05) is 50.8 Å². The highest BCUT2D eigenvalue weighted by atomic mass is 16.5. The molecule has 138 valence electrons. The highest BCUT2D eigenvalue weighted by Crippen LogP contribution is 2.17. The molecule has 0 bridgehead atoms. The van der Waals surface area contributed by atoms with Gasteiger partial charge in [0.2, 0.25) is 0 Å². The average molecular weight is 354 g/mol. The van der Waals surface area contributed by atoms with Crippen molar-refractivity contribution in [1.82, 2.24) is 14.8 Å². The largest absolute Gasteiger partial charge is 0.491 e. The van der Waals surface area contributed by atoms with Crippen molar-refractivity contribution in [3.05, 3.63) is 54.4 Å². The fourth-order valence-corrected chi connectivity index (χ4v) is 2.95. The summed E-state index contributed by atoms with van der Waals surface area (Å²) in [7, 11) is 0. The molecule has 26 heavy (non-hydrogen) atoms. The van der Waals surface area contributed by atoms with Crippen molar-refractivity contribution in [2.45, 2.75) is 26.5 Å². The van der Waals surface area contributed by atoms with E-state index in [1.807, 2.05) is 67.5 Å². The molecule has 1 aliphatic rings. The van der Waals surface area contributed by atoms with Crippen LogP contribution >= 0.6 is 0 Å². The number of carbonyl (C=O) groups excluding carboxylic acids is 1. The van der Waals surface area contributed by atoms with Crippen LogP contribution in [-0.4, -0.2) is 53.1 Å². The number of hydrogen-bond donors (Lipinski definition) is 1. The molecule has 1 fully saturated rings. The van der Waals surface area contributed by atoms with Crippen LogP contribution in [0, 0.1) is 0 Å². The number of amides is 2. The molecule has 1 saturated heterocycles. The van der Waals surface area contributed by atoms with Gasteiger partial charge in [-0.15, -0.1) is 0 Å². The molecule has 1 N–H and O–H groups in total. The van der Waals surface area contributed by atoms with E-state index < -0.39 is 0 Å². The maximum Gasteiger partial charge on any atom is 0.321 e. The molecule has 0 spiro atoms. The molecule has 0 unspecified atom stereocenters. The second kappa shape index (κ2) is 8.67. The van der Waals surface area contributed by atoms with Gasteiger partial charge in [0.1, 0.15) is 5.75 Å². The van der Waals surface area contributed by atoms with Crippen LogP contribution in [0.3, 0.4) is 0 Å². The van der Waals surface area contributed by atoms with E-state index in [1.54, 1.807) is 0 Å². The Balaban J connectivity index is 1.46. The van der Waals surface area contributed by atoms with Gasteiger partial charge in [0.15, 0.2) is 0 Å². The zero-order valence-electron chi connectivity index (χ0n) is 15.4. The standard InChI is InChI=1S/C20H26N4O2/c1-16(2)26-19-5-3-18(4-6-19)22-20(25)24-13-11-23(12-14-24)15-17-7-9-21-10-8-17/h3-10,16H,11-15H2,1-2H3,(H,22,25). The van der Waals surface area contributed by atoms with Crippen molar-refractivity contribution in [3.8, 4) is 5.75 Å². The molecule has 1 aliphatic heterocycles. The number of ether oxygens (including phenoxy) is 1. The molecule has 0 atom stereocenters. The number of urea groups is 1. The number of anilines is 1. The van der Waals surface area contributed by atoms with Crippen LogP contribution in [0.2, 0.25) is 0 Å². The smallest absolute Gasteiger partial charge is 0.321 e. The molecule has 2 heterocycles. The third kappa shape index (κ3) is 5.20. The Morgan fingerprint density at radius 1 is 1.08 bits per heavy atom. The summed E-state index contributed by atoms with van der Waals surface area (Å²) in [6.45, 7) is 8.08. The zero-order valence-corrected chi connectivity index (χ0v) is 15.4. The molecule has 3 rings (SSSR count). The molecule has 2 aromatic rings. The van der Waals surface area contributed by atoms with Gasteiger partial charge in [0.05, 0.1) is 6.10 Å². The number of benzene rings is 1. The SMILES string of the molecule is CC(C)Oc1ccc(NC(=O)N2CCN(Cc3ccncc3)CC2)cc1. The Morgan fingerprint density at radius 2 is 1.73 bits per heavy atom. The quantitative estimate of drug-likeness (QED) is 0.896. The maximum atomic E-state index is 12.5. The minimum absolute atomic E-state index is 0.0499. The van der Waals surface area contributed by atoms with Crippen LogP contribution in [0.4, 0.5) is 10.5 Å². The number of nitrogens with one attached hydrogen (secondary N) is 1. The van der Waals surface area contributed by atoms with Crippen molar-refractivity contribution in [3.63, 3.8) is 0 Å². The fourth-order valence-electron chi connectivity index (χ4n) is 2.95. The summed E-state index contributed by atoms with van der Waals surface area (Å²) in [4.78, 5) is 20.7. The molecule has 6 nitrogen and oxygen atoms in total. The summed E-state index contributed by atoms with van der Waals surface area (Å²) in [5.74, 6) is 0.808. The van der Waals surface area contributed by atoms with Gasteiger partial charge in [-0.3, -0.25) is 9.88 Å². The topological polar surface area (TPSA) is 57.7 Å². The minimum atomic E-state index is -0.0499. The monoisotopic (exact) mass is 354 g/mol. The van der Waals surface area contributed by atoms with Crippen molar-refractivity contribution in [1.29, 1.82) is 0 Å². The van der Waals surface area contributed by atoms with E-state index in [0.29, 0.717) is 0 Å². The second-order valence-electron chi connectivity index (χ2n) is 6.74. The van der Waals surface area contributed by atoms with E-state index in [2.05, 4.69) is 15.2 Å². The fraction of sp³-hybridized carbons (Fsp3) is 0.400. The highest BCUT2D eigenvalue weighted by Gasteiger charge is 2.21. The van der Waals surface area contributed by atoms with Gasteiger partial charge in [-0.2, -0.15) is 0 Å². The summed E-state index contributed by atoms with van der Waals surface area (Å²) in [6.07, 6.45) is 3.77. The second-order valence-corrected chi connectivity index (χ2v) is 6.74. The zero-order chi connectivity index (χ0) is 18.4. The van der Waals surface area contributed by atoms with E-state index in [-0.39, 0.29) is 12.1 Å². The van der Waals surface area contributed by atoms with Crippen LogP contribution < -0.4 is 10.1 Å². The van der Waals surface area contributed by atoms with Gasteiger partial charge < -0.3 is 15.0 Å². The van der Waals surface area contributed by atoms with Gasteiger partial charge in [0.25, 0.3) is 0 Å². The van der Waals surface area contributed by atoms with Gasteiger partial charge in [-0.25, -0.2) is 4.79 Å². The van der Waals surface area contributed by atoms with Gasteiger partial charge >= 0.3 is 6.03 Å². The average Bonchev–Trinajstić information content (AvgIpc) is 2.64. The molecule has 6 heteroatoms. The lowest BCUT2D eigenvalue weighted by Crippen LogP contribution is -2.49. The van der Waals surface area contributed by atoms with Gasteiger partial charge in [-0.1, -0.05) is 0 Å². The molecule has 0 saturated carbocycles. The third-order valence-corrected chi connectivity index (χ3v) is 4.29. The Kier molecular flexibility index (Phi) is 6.07. The molecule has 1 aromatic heterocycles. The predicted molar refractivity (Wildman–Crippen MR) is 102 cm³/mol. The summed E-state index contributed by atoms with van der Waals surface area (Å²) in [5.41, 5.74) is 2.03. The Hall–Kier alpha value is -2.60. The highest BCUT2D eigenvalue weighted by molar-refractivity contribution is 5.89. The first-order valence-corrected chi connectivity index (χ1v) is 9.04. The summed E-state index contributed by atoms with van der Waals surface area (Å²) < 4.78 is 5.62. The van der Waals surface area contributed by atoms with Crippen molar-refractivity contribution in [2.75, 3.05) is 31.5 Å². The van der Waals surface area contributed by atoms with E-state index >= 15 is 0 Å². The Morgan fingerprint density at radius 3 is 2.35 bits per heavy atom. The third-order valence-electron chi connectivity index (χ3n) is 4.29. The lowest BCUT2D eigenvalue weighted by Gasteiger charge is -2.34. The summed E-state index contributed by atoms with van der Waals surface area (Å²) in [5, 5.41) is 2.96. The van der Waals surface area contributed by atoms with Crippen molar-refractivity contribution < 1.29 is 9.53 Å². The summed E-state index contributed by atoms with van der Waals surface area (Å²) in [6, 6.07) is 11.5. The van der Waals surface area contributed by atoms with Crippen LogP contribution in [-0.2, 0) is 6.54 Å². The van der Waals surface area contributed by atoms with Crippen LogP contribution in [0.15, 0.2) is 48.8 Å². The van der Waals surface area contributed by atoms with E-state index in [4.69, 9.17) is 4.74 Å². The number of pyridine rings is 1. The van der Waals surface area contributed by atoms with E-state index in [0.717, 1.165) is 44.2 Å². The molecular formula is C20H26N4O2. The predicted octanol–water partition coefficient (Wildman–Crippen LogP) is 3.22. The van der Waals surface area contributed by atoms with E-state index in [1.165, 1.54) is 5.56 Å². The Bertz CT molecular complexity index is 696. The molecule has 1 aromatic carbocycles. The molecular weight excluding hydrogens is 328 g/mol. The lowest BCUT2D eigenvalue weighted by atomic mass is 10.2. The normalized spacial score (nSPS) is 15.1. The lowest BCUT2D eigenvalue weighted by molar-refractivity contribution is 0.143. The van der Waals surface area contributed by atoms with Crippen LogP contribution in [0.25, 0.3) is 0 Å². The molecule has 2 amide bonds. The number of piperazine rings is 1. The number of carbonyl (C=O) groups is 1. The first-order chi connectivity index (χ1) is 12.6. The van der Waals surface area contributed by atoms with Crippen LogP contribution in [0.5, 0.6) is 5.75 Å². The first-order valence-electron chi connectivity index (χ1n) is 9.04. The molecule has 0 radical (unpaired) electrons. The minimum Gasteiger partial charge on any atom is -0.491 e. The van der Waals surface area contributed by atoms with Crippen molar-refractivity contribution in [2.24, 2.45) is 0 Å². The summed E-state index contributed by atoms with van der Waals surface area (Å²) >= 11 is 0. The van der Waals surface area contributed by atoms with Crippen LogP contribution in [0.1, 0.15) is 19.4 Å². The number of rotatable bonds is 5. The first kappa shape index (κ1) is 18.2. The van der Waals surface area contributed by atoms with Crippen molar-refractivity contribution >= 4 is 11.7 Å². The van der Waals surface area contributed by atoms with E-state index in [9.17, 15) is 4.79 Å². The maximum absolute atomic E-state index is 12.5. The number of hydrogen-bond acceptors (Lipinski definition) is 4.